The first-order valence-electron chi connectivity index (χ1n) is 9.59. The van der Waals surface area contributed by atoms with Crippen LogP contribution >= 0.6 is 0 Å². The number of carbonyl (C=O) groups excluding carboxylic acids is 1. The van der Waals surface area contributed by atoms with Gasteiger partial charge in [-0.15, -0.1) is 0 Å². The molecule has 146 valence electrons. The van der Waals surface area contributed by atoms with Crippen LogP contribution in [0.15, 0.2) is 54.6 Å². The molecule has 0 unspecified atom stereocenters. The van der Waals surface area contributed by atoms with E-state index in [-0.39, 0.29) is 5.91 Å². The van der Waals surface area contributed by atoms with E-state index in [1.54, 1.807) is 7.11 Å². The van der Waals surface area contributed by atoms with E-state index in [1.165, 1.54) is 0 Å². The highest BCUT2D eigenvalue weighted by atomic mass is 16.5. The van der Waals surface area contributed by atoms with Crippen molar-refractivity contribution in [2.24, 2.45) is 0 Å². The lowest BCUT2D eigenvalue weighted by molar-refractivity contribution is 0.0615. The van der Waals surface area contributed by atoms with E-state index in [0.717, 1.165) is 55.1 Å². The number of methoxy groups -OCH3 is 1. The number of nitrogens with zero attached hydrogens (tertiary/aromatic N) is 2. The number of amides is 1. The van der Waals surface area contributed by atoms with Crippen LogP contribution in [0.2, 0.25) is 0 Å². The molecule has 1 amide bonds. The zero-order chi connectivity index (χ0) is 19.3. The van der Waals surface area contributed by atoms with Crippen LogP contribution in [0.4, 0.5) is 0 Å². The van der Waals surface area contributed by atoms with E-state index in [4.69, 9.17) is 9.47 Å². The Bertz CT molecular complexity index is 931. The van der Waals surface area contributed by atoms with Gasteiger partial charge >= 0.3 is 0 Å². The molecule has 0 aliphatic carbocycles. The highest BCUT2D eigenvalue weighted by Gasteiger charge is 2.23. The Balaban J connectivity index is 1.29. The Hall–Kier alpha value is -2.99. The van der Waals surface area contributed by atoms with Gasteiger partial charge < -0.3 is 19.4 Å². The number of H-pyrrole nitrogens is 1. The molecule has 0 saturated carbocycles. The van der Waals surface area contributed by atoms with Crippen molar-refractivity contribution in [2.45, 2.75) is 0 Å². The van der Waals surface area contributed by atoms with Gasteiger partial charge in [-0.3, -0.25) is 9.69 Å². The number of nitrogens with one attached hydrogen (secondary N) is 1. The minimum absolute atomic E-state index is 0.0513. The number of ether oxygens (including phenoxy) is 2. The summed E-state index contributed by atoms with van der Waals surface area (Å²) in [5.41, 5.74) is 1.54. The number of para-hydroxylation sites is 1. The zero-order valence-electron chi connectivity index (χ0n) is 16.1. The van der Waals surface area contributed by atoms with E-state index in [2.05, 4.69) is 9.88 Å². The molecule has 2 heterocycles. The fraction of sp³-hybridized carbons (Fsp3) is 0.318. The summed E-state index contributed by atoms with van der Waals surface area (Å²) in [5, 5.41) is 1.01. The first kappa shape index (κ1) is 18.4. The van der Waals surface area contributed by atoms with Crippen molar-refractivity contribution >= 4 is 16.8 Å². The smallest absolute Gasteiger partial charge is 0.270 e. The lowest BCUT2D eigenvalue weighted by Gasteiger charge is -2.34. The van der Waals surface area contributed by atoms with Gasteiger partial charge in [0, 0.05) is 49.7 Å². The van der Waals surface area contributed by atoms with Gasteiger partial charge in [-0.1, -0.05) is 18.2 Å². The molecule has 4 rings (SSSR count). The molecule has 28 heavy (non-hydrogen) atoms. The molecule has 0 atom stereocenters. The van der Waals surface area contributed by atoms with Crippen molar-refractivity contribution in [3.05, 3.63) is 60.3 Å². The van der Waals surface area contributed by atoms with Gasteiger partial charge in [-0.2, -0.15) is 0 Å². The zero-order valence-corrected chi connectivity index (χ0v) is 16.1. The van der Waals surface area contributed by atoms with Gasteiger partial charge in [0.2, 0.25) is 0 Å². The highest BCUT2D eigenvalue weighted by molar-refractivity contribution is 5.98. The van der Waals surface area contributed by atoms with Gasteiger partial charge in [0.05, 0.1) is 7.11 Å². The number of fused-ring (bicyclic) bond motifs is 1. The van der Waals surface area contributed by atoms with E-state index in [1.807, 2.05) is 59.5 Å². The Morgan fingerprint density at radius 3 is 2.54 bits per heavy atom. The largest absolute Gasteiger partial charge is 0.497 e. The van der Waals surface area contributed by atoms with Crippen LogP contribution in [0, 0.1) is 0 Å². The van der Waals surface area contributed by atoms with E-state index in [9.17, 15) is 4.79 Å². The van der Waals surface area contributed by atoms with Gasteiger partial charge in [0.25, 0.3) is 5.91 Å². The molecule has 2 aromatic carbocycles. The second-order valence-corrected chi connectivity index (χ2v) is 6.93. The topological polar surface area (TPSA) is 57.8 Å². The van der Waals surface area contributed by atoms with Crippen molar-refractivity contribution < 1.29 is 14.3 Å². The summed E-state index contributed by atoms with van der Waals surface area (Å²) >= 11 is 0. The van der Waals surface area contributed by atoms with Gasteiger partial charge in [-0.25, -0.2) is 0 Å². The van der Waals surface area contributed by atoms with E-state index >= 15 is 0 Å². The van der Waals surface area contributed by atoms with Gasteiger partial charge in [0.1, 0.15) is 23.8 Å². The van der Waals surface area contributed by atoms with Crippen molar-refractivity contribution in [1.82, 2.24) is 14.8 Å². The molecule has 1 N–H and O–H groups in total. The first-order valence-corrected chi connectivity index (χ1v) is 9.59. The maximum Gasteiger partial charge on any atom is 0.270 e. The molecule has 1 saturated heterocycles. The van der Waals surface area contributed by atoms with Gasteiger partial charge in [-0.05, 0) is 30.3 Å². The molecule has 6 heteroatoms. The average Bonchev–Trinajstić information content (AvgIpc) is 3.18. The Morgan fingerprint density at radius 2 is 1.79 bits per heavy atom. The maximum absolute atomic E-state index is 12.8. The number of rotatable bonds is 6. The summed E-state index contributed by atoms with van der Waals surface area (Å²) in [6.45, 7) is 4.69. The summed E-state index contributed by atoms with van der Waals surface area (Å²) in [7, 11) is 1.64. The first-order chi connectivity index (χ1) is 13.7. The van der Waals surface area contributed by atoms with Crippen molar-refractivity contribution in [2.75, 3.05) is 46.4 Å². The Morgan fingerprint density at radius 1 is 1.00 bits per heavy atom. The van der Waals surface area contributed by atoms with Crippen LogP contribution in [0.3, 0.4) is 0 Å². The average molecular weight is 379 g/mol. The van der Waals surface area contributed by atoms with Crippen molar-refractivity contribution in [3.8, 4) is 11.5 Å². The summed E-state index contributed by atoms with van der Waals surface area (Å²) in [5.74, 6) is 1.72. The third kappa shape index (κ3) is 4.12. The molecule has 0 spiro atoms. The summed E-state index contributed by atoms with van der Waals surface area (Å²) in [6, 6.07) is 17.5. The lowest BCUT2D eigenvalue weighted by atomic mass is 10.2. The molecule has 3 aromatic rings. The van der Waals surface area contributed by atoms with Crippen LogP contribution < -0.4 is 9.47 Å². The number of hydrogen-bond donors (Lipinski definition) is 1. The second-order valence-electron chi connectivity index (χ2n) is 6.93. The van der Waals surface area contributed by atoms with Crippen molar-refractivity contribution in [3.63, 3.8) is 0 Å². The third-order valence-electron chi connectivity index (χ3n) is 5.14. The predicted octanol–water partition coefficient (Wildman–Crippen LogP) is 3.01. The highest BCUT2D eigenvalue weighted by Crippen LogP contribution is 2.22. The minimum Gasteiger partial charge on any atom is -0.497 e. The summed E-state index contributed by atoms with van der Waals surface area (Å²) in [6.07, 6.45) is 0. The fourth-order valence-corrected chi connectivity index (χ4v) is 3.50. The Labute approximate surface area is 164 Å². The van der Waals surface area contributed by atoms with Crippen LogP contribution in [0.5, 0.6) is 11.5 Å². The maximum atomic E-state index is 12.8. The number of aromatic amines is 1. The molecule has 0 bridgehead atoms. The quantitative estimate of drug-likeness (QED) is 0.715. The number of carbonyl (C=O) groups is 1. The Kier molecular flexibility index (Phi) is 5.48. The minimum atomic E-state index is 0.0513. The number of benzene rings is 2. The van der Waals surface area contributed by atoms with Crippen LogP contribution in [-0.2, 0) is 0 Å². The second kappa shape index (κ2) is 8.35. The predicted molar refractivity (Wildman–Crippen MR) is 109 cm³/mol. The lowest BCUT2D eigenvalue weighted by Crippen LogP contribution is -2.49. The van der Waals surface area contributed by atoms with E-state index in [0.29, 0.717) is 12.3 Å². The number of piperazine rings is 1. The SMILES string of the molecule is COc1ccc2cc(C(=O)N3CCN(CCOc4ccccc4)CC3)[nH]c2c1. The van der Waals surface area contributed by atoms with Crippen LogP contribution in [-0.4, -0.2) is 67.1 Å². The molecule has 1 fully saturated rings. The van der Waals surface area contributed by atoms with Gasteiger partial charge in [0.15, 0.2) is 0 Å². The summed E-state index contributed by atoms with van der Waals surface area (Å²) < 4.78 is 11.0. The van der Waals surface area contributed by atoms with Crippen LogP contribution in [0.1, 0.15) is 10.5 Å². The summed E-state index contributed by atoms with van der Waals surface area (Å²) in [4.78, 5) is 20.3. The third-order valence-corrected chi connectivity index (χ3v) is 5.14. The molecule has 6 nitrogen and oxygen atoms in total. The van der Waals surface area contributed by atoms with E-state index < -0.39 is 0 Å². The normalized spacial score (nSPS) is 15.0. The molecule has 1 aromatic heterocycles. The fourth-order valence-electron chi connectivity index (χ4n) is 3.50. The number of hydrogen-bond acceptors (Lipinski definition) is 4. The van der Waals surface area contributed by atoms with Crippen LogP contribution in [0.25, 0.3) is 10.9 Å². The molecule has 1 aliphatic heterocycles. The molecular weight excluding hydrogens is 354 g/mol. The monoisotopic (exact) mass is 379 g/mol. The molecule has 1 aliphatic rings. The number of aromatic nitrogens is 1. The molecular formula is C22H25N3O3. The standard InChI is InChI=1S/C22H25N3O3/c1-27-19-8-7-17-15-21(23-20(17)16-19)22(26)25-11-9-24(10-12-25)13-14-28-18-5-3-2-4-6-18/h2-8,15-16,23H,9-14H2,1H3. The van der Waals surface area contributed by atoms with Crippen molar-refractivity contribution in [1.29, 1.82) is 0 Å². The molecule has 0 radical (unpaired) electrons.